The third kappa shape index (κ3) is 4.91. The maximum absolute atomic E-state index is 12.0. The van der Waals surface area contributed by atoms with Gasteiger partial charge in [0.05, 0.1) is 6.10 Å². The Balaban J connectivity index is 1.77. The largest absolute Gasteiger partial charge is 0.508 e. The minimum absolute atomic E-state index is 0.0122. The summed E-state index contributed by atoms with van der Waals surface area (Å²) in [6.07, 6.45) is -0.234. The number of carbonyl (C=O) groups excluding carboxylic acids is 1. The van der Waals surface area contributed by atoms with Crippen molar-refractivity contribution in [3.8, 4) is 5.75 Å². The fraction of sp³-hybridized carbons (Fsp3) is 0.316. The van der Waals surface area contributed by atoms with Gasteiger partial charge in [-0.3, -0.25) is 4.79 Å². The van der Waals surface area contributed by atoms with Gasteiger partial charge in [-0.05, 0) is 54.8 Å². The molecule has 0 spiro atoms. The zero-order valence-corrected chi connectivity index (χ0v) is 13.5. The first-order valence-corrected chi connectivity index (χ1v) is 7.75. The summed E-state index contributed by atoms with van der Waals surface area (Å²) >= 11 is 0. The Hall–Kier alpha value is -2.17. The number of aliphatic hydroxyl groups excluding tert-OH is 1. The van der Waals surface area contributed by atoms with Crippen molar-refractivity contribution in [2.45, 2.75) is 26.4 Å². The third-order valence-corrected chi connectivity index (χ3v) is 3.97. The van der Waals surface area contributed by atoms with E-state index in [4.69, 9.17) is 0 Å². The molecule has 23 heavy (non-hydrogen) atoms. The molecule has 0 amide bonds. The van der Waals surface area contributed by atoms with Crippen molar-refractivity contribution in [2.75, 3.05) is 13.1 Å². The van der Waals surface area contributed by atoms with E-state index < -0.39 is 6.10 Å². The van der Waals surface area contributed by atoms with Gasteiger partial charge in [-0.15, -0.1) is 0 Å². The van der Waals surface area contributed by atoms with Crippen LogP contribution in [0.2, 0.25) is 0 Å². The van der Waals surface area contributed by atoms with Gasteiger partial charge in [0.1, 0.15) is 5.75 Å². The molecule has 4 nitrogen and oxygen atoms in total. The highest BCUT2D eigenvalue weighted by Gasteiger charge is 2.09. The van der Waals surface area contributed by atoms with Crippen LogP contribution in [-0.2, 0) is 0 Å². The van der Waals surface area contributed by atoms with Crippen LogP contribution in [0, 0.1) is 13.8 Å². The van der Waals surface area contributed by atoms with Crippen LogP contribution in [0.4, 0.5) is 0 Å². The molecule has 0 bridgehead atoms. The summed E-state index contributed by atoms with van der Waals surface area (Å²) < 4.78 is 0. The number of aryl methyl sites for hydroxylation is 2. The molecule has 2 aromatic rings. The Morgan fingerprint density at radius 3 is 2.43 bits per heavy atom. The predicted molar refractivity (Wildman–Crippen MR) is 90.8 cm³/mol. The number of nitrogens with one attached hydrogen (secondary N) is 1. The lowest BCUT2D eigenvalue weighted by molar-refractivity contribution is 0.0979. The van der Waals surface area contributed by atoms with Crippen molar-refractivity contribution in [2.24, 2.45) is 0 Å². The Kier molecular flexibility index (Phi) is 5.90. The molecule has 0 saturated heterocycles. The van der Waals surface area contributed by atoms with E-state index in [1.54, 1.807) is 12.1 Å². The molecule has 0 fully saturated rings. The van der Waals surface area contributed by atoms with E-state index >= 15 is 0 Å². The first-order chi connectivity index (χ1) is 11.0. The number of Topliss-reactive ketones (excluding diaryl/α,β-unsaturated/α-hetero) is 1. The van der Waals surface area contributed by atoms with E-state index in [-0.39, 0.29) is 11.5 Å². The molecule has 0 aromatic heterocycles. The minimum atomic E-state index is -0.585. The van der Waals surface area contributed by atoms with E-state index in [0.717, 1.165) is 11.1 Å². The van der Waals surface area contributed by atoms with Crippen molar-refractivity contribution in [1.29, 1.82) is 0 Å². The number of aliphatic hydroxyl groups is 1. The highest BCUT2D eigenvalue weighted by molar-refractivity contribution is 5.96. The Morgan fingerprint density at radius 2 is 1.78 bits per heavy atom. The number of carbonyl (C=O) groups is 1. The van der Waals surface area contributed by atoms with Crippen LogP contribution in [0.1, 0.15) is 39.6 Å². The number of hydrogen-bond donors (Lipinski definition) is 3. The third-order valence-electron chi connectivity index (χ3n) is 3.97. The van der Waals surface area contributed by atoms with E-state index in [2.05, 4.69) is 5.32 Å². The number of phenols is 1. The van der Waals surface area contributed by atoms with Crippen LogP contribution in [0.15, 0.2) is 42.5 Å². The summed E-state index contributed by atoms with van der Waals surface area (Å²) in [4.78, 5) is 12.0. The molecule has 3 N–H and O–H groups in total. The molecule has 0 heterocycles. The van der Waals surface area contributed by atoms with Gasteiger partial charge in [0.15, 0.2) is 5.78 Å². The molecular formula is C19H23NO3. The number of ketones is 1. The highest BCUT2D eigenvalue weighted by atomic mass is 16.3. The second-order valence-electron chi connectivity index (χ2n) is 5.78. The lowest BCUT2D eigenvalue weighted by atomic mass is 10.0. The average Bonchev–Trinajstić information content (AvgIpc) is 2.54. The summed E-state index contributed by atoms with van der Waals surface area (Å²) in [6.45, 7) is 4.97. The van der Waals surface area contributed by atoms with Crippen molar-refractivity contribution in [3.05, 3.63) is 64.7 Å². The maximum Gasteiger partial charge on any atom is 0.164 e. The lowest BCUT2D eigenvalue weighted by Crippen LogP contribution is -2.24. The smallest absolute Gasteiger partial charge is 0.164 e. The summed E-state index contributed by atoms with van der Waals surface area (Å²) in [6, 6.07) is 12.2. The Bertz CT molecular complexity index is 665. The summed E-state index contributed by atoms with van der Waals surface area (Å²) in [5, 5.41) is 22.5. The van der Waals surface area contributed by atoms with Crippen LogP contribution < -0.4 is 5.32 Å². The second kappa shape index (κ2) is 7.90. The predicted octanol–water partition coefficient (Wildman–Crippen LogP) is 2.91. The van der Waals surface area contributed by atoms with Crippen molar-refractivity contribution in [3.63, 3.8) is 0 Å². The zero-order chi connectivity index (χ0) is 16.8. The number of aromatic hydroxyl groups is 1. The second-order valence-corrected chi connectivity index (χ2v) is 5.78. The molecule has 0 saturated carbocycles. The minimum Gasteiger partial charge on any atom is -0.508 e. The molecule has 4 heteroatoms. The molecule has 1 atom stereocenters. The topological polar surface area (TPSA) is 69.6 Å². The number of phenolic OH excluding ortho intramolecular Hbond substituents is 1. The summed E-state index contributed by atoms with van der Waals surface area (Å²) in [5.41, 5.74) is 3.82. The highest BCUT2D eigenvalue weighted by Crippen LogP contribution is 2.16. The Labute approximate surface area is 136 Å². The molecule has 0 aliphatic rings. The molecule has 122 valence electrons. The molecule has 2 rings (SSSR count). The fourth-order valence-electron chi connectivity index (χ4n) is 2.32. The van der Waals surface area contributed by atoms with Gasteiger partial charge in [-0.2, -0.15) is 0 Å². The summed E-state index contributed by atoms with van der Waals surface area (Å²) in [7, 11) is 0. The van der Waals surface area contributed by atoms with E-state index in [0.29, 0.717) is 25.1 Å². The number of rotatable bonds is 7. The van der Waals surface area contributed by atoms with Gasteiger partial charge < -0.3 is 15.5 Å². The van der Waals surface area contributed by atoms with Crippen LogP contribution >= 0.6 is 0 Å². The van der Waals surface area contributed by atoms with Crippen molar-refractivity contribution >= 4 is 5.78 Å². The quantitative estimate of drug-likeness (QED) is 0.543. The molecule has 2 aromatic carbocycles. The monoisotopic (exact) mass is 313 g/mol. The standard InChI is InChI=1S/C19H23NO3/c1-13-3-4-16(11-14(13)2)19(23)12-20-10-9-18(22)15-5-7-17(21)8-6-15/h3-8,11,19-21,23H,9-10,12H2,1-2H3. The fourth-order valence-corrected chi connectivity index (χ4v) is 2.32. The zero-order valence-electron chi connectivity index (χ0n) is 13.5. The van der Waals surface area contributed by atoms with Gasteiger partial charge in [0.25, 0.3) is 0 Å². The SMILES string of the molecule is Cc1ccc(C(O)CNCCC(=O)c2ccc(O)cc2)cc1C. The normalized spacial score (nSPS) is 12.1. The van der Waals surface area contributed by atoms with Gasteiger partial charge in [-0.25, -0.2) is 0 Å². The van der Waals surface area contributed by atoms with Crippen molar-refractivity contribution in [1.82, 2.24) is 5.32 Å². The first kappa shape index (κ1) is 17.2. The molecule has 1 unspecified atom stereocenters. The van der Waals surface area contributed by atoms with Gasteiger partial charge >= 0.3 is 0 Å². The van der Waals surface area contributed by atoms with Crippen LogP contribution in [-0.4, -0.2) is 29.1 Å². The molecule has 0 radical (unpaired) electrons. The van der Waals surface area contributed by atoms with Crippen LogP contribution in [0.3, 0.4) is 0 Å². The average molecular weight is 313 g/mol. The van der Waals surface area contributed by atoms with E-state index in [1.807, 2.05) is 32.0 Å². The van der Waals surface area contributed by atoms with Crippen molar-refractivity contribution < 1.29 is 15.0 Å². The molecular weight excluding hydrogens is 290 g/mol. The van der Waals surface area contributed by atoms with E-state index in [9.17, 15) is 15.0 Å². The molecule has 0 aliphatic carbocycles. The molecule has 0 aliphatic heterocycles. The number of hydrogen-bond acceptors (Lipinski definition) is 4. The van der Waals surface area contributed by atoms with Gasteiger partial charge in [0.2, 0.25) is 0 Å². The van der Waals surface area contributed by atoms with E-state index in [1.165, 1.54) is 17.7 Å². The van der Waals surface area contributed by atoms with Gasteiger partial charge in [0, 0.05) is 25.1 Å². The maximum atomic E-state index is 12.0. The van der Waals surface area contributed by atoms with Crippen LogP contribution in [0.5, 0.6) is 5.75 Å². The Morgan fingerprint density at radius 1 is 1.09 bits per heavy atom. The first-order valence-electron chi connectivity index (χ1n) is 7.75. The van der Waals surface area contributed by atoms with Crippen LogP contribution in [0.25, 0.3) is 0 Å². The summed E-state index contributed by atoms with van der Waals surface area (Å²) in [5.74, 6) is 0.161. The van der Waals surface area contributed by atoms with Gasteiger partial charge in [-0.1, -0.05) is 18.2 Å². The number of benzene rings is 2. The lowest BCUT2D eigenvalue weighted by Gasteiger charge is -2.13.